The molecule has 0 unspecified atom stereocenters. The fourth-order valence-electron chi connectivity index (χ4n) is 3.18. The van der Waals surface area contributed by atoms with Gasteiger partial charge in [0.1, 0.15) is 5.75 Å². The lowest BCUT2D eigenvalue weighted by atomic mass is 10.1. The summed E-state index contributed by atoms with van der Waals surface area (Å²) in [5.74, 6) is -1.05. The van der Waals surface area contributed by atoms with Crippen LogP contribution in [0.15, 0.2) is 71.9 Å². The molecule has 3 aromatic carbocycles. The summed E-state index contributed by atoms with van der Waals surface area (Å²) in [6, 6.07) is 18.4. The fraction of sp³-hybridized carbons (Fsp3) is 0.125. The van der Waals surface area contributed by atoms with E-state index in [1.807, 2.05) is 60.0 Å². The standard InChI is InChI=1S/C24H19F2N3O2S/c1-15-4-3-5-17(12-15)23-27-28-24(29(23)18-7-9-19(31-2)10-8-18)32-14-22(30)16-6-11-20(25)21(26)13-16/h3-13H,14H2,1-2H3. The molecule has 0 spiro atoms. The van der Waals surface area contributed by atoms with E-state index in [4.69, 9.17) is 4.74 Å². The molecule has 32 heavy (non-hydrogen) atoms. The molecule has 0 saturated heterocycles. The number of aromatic nitrogens is 3. The first-order chi connectivity index (χ1) is 15.5. The van der Waals surface area contributed by atoms with Gasteiger partial charge < -0.3 is 4.74 Å². The van der Waals surface area contributed by atoms with E-state index in [-0.39, 0.29) is 17.1 Å². The van der Waals surface area contributed by atoms with Gasteiger partial charge in [-0.1, -0.05) is 35.5 Å². The van der Waals surface area contributed by atoms with Gasteiger partial charge in [0.15, 0.2) is 28.4 Å². The number of thioether (sulfide) groups is 1. The minimum Gasteiger partial charge on any atom is -0.497 e. The summed E-state index contributed by atoms with van der Waals surface area (Å²) in [7, 11) is 1.59. The van der Waals surface area contributed by atoms with Gasteiger partial charge in [-0.05, 0) is 55.5 Å². The van der Waals surface area contributed by atoms with E-state index in [9.17, 15) is 13.6 Å². The van der Waals surface area contributed by atoms with Crippen LogP contribution in [0.4, 0.5) is 8.78 Å². The molecule has 0 aliphatic heterocycles. The second kappa shape index (κ2) is 9.32. The second-order valence-electron chi connectivity index (χ2n) is 7.05. The van der Waals surface area contributed by atoms with Crippen molar-refractivity contribution in [2.45, 2.75) is 12.1 Å². The van der Waals surface area contributed by atoms with Crippen molar-refractivity contribution in [3.05, 3.63) is 89.5 Å². The molecule has 4 aromatic rings. The zero-order chi connectivity index (χ0) is 22.7. The van der Waals surface area contributed by atoms with Gasteiger partial charge >= 0.3 is 0 Å². The number of methoxy groups -OCH3 is 1. The molecule has 5 nitrogen and oxygen atoms in total. The number of carbonyl (C=O) groups is 1. The molecule has 0 aliphatic carbocycles. The first-order valence-electron chi connectivity index (χ1n) is 9.74. The zero-order valence-electron chi connectivity index (χ0n) is 17.4. The molecule has 0 amide bonds. The highest BCUT2D eigenvalue weighted by Gasteiger charge is 2.18. The van der Waals surface area contributed by atoms with Crippen LogP contribution in [0.25, 0.3) is 17.1 Å². The van der Waals surface area contributed by atoms with Crippen molar-refractivity contribution in [2.24, 2.45) is 0 Å². The van der Waals surface area contributed by atoms with Crippen molar-refractivity contribution in [1.29, 1.82) is 0 Å². The van der Waals surface area contributed by atoms with Gasteiger partial charge in [-0.2, -0.15) is 0 Å². The maximum absolute atomic E-state index is 13.5. The van der Waals surface area contributed by atoms with Crippen LogP contribution in [0.2, 0.25) is 0 Å². The molecule has 0 atom stereocenters. The quantitative estimate of drug-likeness (QED) is 0.274. The lowest BCUT2D eigenvalue weighted by Crippen LogP contribution is -2.06. The number of rotatable bonds is 7. The van der Waals surface area contributed by atoms with Gasteiger partial charge in [0.25, 0.3) is 0 Å². The summed E-state index contributed by atoms with van der Waals surface area (Å²) in [6.07, 6.45) is 0. The molecule has 4 rings (SSSR count). The smallest absolute Gasteiger partial charge is 0.196 e. The number of carbonyl (C=O) groups excluding carboxylic acids is 1. The molecule has 8 heteroatoms. The van der Waals surface area contributed by atoms with Gasteiger partial charge in [0, 0.05) is 16.8 Å². The first-order valence-corrected chi connectivity index (χ1v) is 10.7. The topological polar surface area (TPSA) is 57.0 Å². The normalized spacial score (nSPS) is 10.9. The van der Waals surface area contributed by atoms with E-state index in [0.29, 0.717) is 16.7 Å². The number of aryl methyl sites for hydroxylation is 1. The summed E-state index contributed by atoms with van der Waals surface area (Å²) in [4.78, 5) is 12.6. The monoisotopic (exact) mass is 451 g/mol. The lowest BCUT2D eigenvalue weighted by molar-refractivity contribution is 0.102. The molecule has 0 N–H and O–H groups in total. The predicted molar refractivity (Wildman–Crippen MR) is 119 cm³/mol. The molecule has 0 radical (unpaired) electrons. The molecular formula is C24H19F2N3O2S. The molecule has 162 valence electrons. The lowest BCUT2D eigenvalue weighted by Gasteiger charge is -2.11. The van der Waals surface area contributed by atoms with Crippen molar-refractivity contribution in [2.75, 3.05) is 12.9 Å². The summed E-state index contributed by atoms with van der Waals surface area (Å²) in [6.45, 7) is 1.99. The van der Waals surface area contributed by atoms with Crippen molar-refractivity contribution >= 4 is 17.5 Å². The predicted octanol–water partition coefficient (Wildman–Crippen LogP) is 5.50. The molecule has 0 bridgehead atoms. The Labute approximate surface area is 188 Å². The Morgan fingerprint density at radius 2 is 1.78 bits per heavy atom. The van der Waals surface area contributed by atoms with Crippen LogP contribution in [0.5, 0.6) is 5.75 Å². The average Bonchev–Trinajstić information content (AvgIpc) is 3.23. The maximum Gasteiger partial charge on any atom is 0.196 e. The van der Waals surface area contributed by atoms with E-state index < -0.39 is 11.6 Å². The van der Waals surface area contributed by atoms with Crippen molar-refractivity contribution in [1.82, 2.24) is 14.8 Å². The minimum atomic E-state index is -1.05. The van der Waals surface area contributed by atoms with Gasteiger partial charge in [-0.3, -0.25) is 9.36 Å². The molecule has 1 aromatic heterocycles. The van der Waals surface area contributed by atoms with Crippen LogP contribution in [0.3, 0.4) is 0 Å². The highest BCUT2D eigenvalue weighted by atomic mass is 32.2. The molecule has 0 aliphatic rings. The third-order valence-corrected chi connectivity index (χ3v) is 5.74. The van der Waals surface area contributed by atoms with Crippen molar-refractivity contribution in [3.8, 4) is 22.8 Å². The number of ether oxygens (including phenoxy) is 1. The second-order valence-corrected chi connectivity index (χ2v) is 7.99. The summed E-state index contributed by atoms with van der Waals surface area (Å²) < 4.78 is 33.8. The van der Waals surface area contributed by atoms with Crippen LogP contribution in [0.1, 0.15) is 15.9 Å². The fourth-order valence-corrected chi connectivity index (χ4v) is 4.03. The van der Waals surface area contributed by atoms with Gasteiger partial charge in [0.05, 0.1) is 12.9 Å². The van der Waals surface area contributed by atoms with E-state index in [1.165, 1.54) is 17.8 Å². The highest BCUT2D eigenvalue weighted by Crippen LogP contribution is 2.29. The number of halogens is 2. The molecule has 0 saturated carbocycles. The van der Waals surface area contributed by atoms with Crippen LogP contribution >= 0.6 is 11.8 Å². The summed E-state index contributed by atoms with van der Waals surface area (Å²) >= 11 is 1.18. The number of benzene rings is 3. The molecule has 0 fully saturated rings. The summed E-state index contributed by atoms with van der Waals surface area (Å²) in [5, 5.41) is 9.16. The van der Waals surface area contributed by atoms with Crippen LogP contribution in [0, 0.1) is 18.6 Å². The highest BCUT2D eigenvalue weighted by molar-refractivity contribution is 7.99. The summed E-state index contributed by atoms with van der Waals surface area (Å²) in [5.41, 5.74) is 2.86. The Kier molecular flexibility index (Phi) is 6.32. The Morgan fingerprint density at radius 3 is 2.47 bits per heavy atom. The minimum absolute atomic E-state index is 0.00677. The number of hydrogen-bond acceptors (Lipinski definition) is 5. The third kappa shape index (κ3) is 4.55. The van der Waals surface area contributed by atoms with Gasteiger partial charge in [0.2, 0.25) is 0 Å². The average molecular weight is 451 g/mol. The Balaban J connectivity index is 1.68. The van der Waals surface area contributed by atoms with E-state index in [0.717, 1.165) is 28.9 Å². The zero-order valence-corrected chi connectivity index (χ0v) is 18.2. The van der Waals surface area contributed by atoms with Crippen LogP contribution in [-0.4, -0.2) is 33.4 Å². The van der Waals surface area contributed by atoms with E-state index in [2.05, 4.69) is 10.2 Å². The third-order valence-electron chi connectivity index (χ3n) is 4.81. The van der Waals surface area contributed by atoms with Crippen LogP contribution in [-0.2, 0) is 0 Å². The van der Waals surface area contributed by atoms with Gasteiger partial charge in [-0.25, -0.2) is 8.78 Å². The number of nitrogens with zero attached hydrogens (tertiary/aromatic N) is 3. The number of hydrogen-bond donors (Lipinski definition) is 0. The molecule has 1 heterocycles. The van der Waals surface area contributed by atoms with Crippen molar-refractivity contribution in [3.63, 3.8) is 0 Å². The number of ketones is 1. The van der Waals surface area contributed by atoms with E-state index in [1.54, 1.807) is 7.11 Å². The Hall–Kier alpha value is -3.52. The Morgan fingerprint density at radius 1 is 1.00 bits per heavy atom. The number of Topliss-reactive ketones (excluding diaryl/α,β-unsaturated/α-hetero) is 1. The van der Waals surface area contributed by atoms with Crippen molar-refractivity contribution < 1.29 is 18.3 Å². The Bertz CT molecular complexity index is 1270. The van der Waals surface area contributed by atoms with Gasteiger partial charge in [-0.15, -0.1) is 10.2 Å². The largest absolute Gasteiger partial charge is 0.497 e. The van der Waals surface area contributed by atoms with E-state index >= 15 is 0 Å². The maximum atomic E-state index is 13.5. The van der Waals surface area contributed by atoms with Crippen LogP contribution < -0.4 is 4.74 Å². The first kappa shape index (κ1) is 21.7. The SMILES string of the molecule is COc1ccc(-n2c(SCC(=O)c3ccc(F)c(F)c3)nnc2-c2cccc(C)c2)cc1. The molecular weight excluding hydrogens is 432 g/mol.